The SMILES string of the molecule is Cc1cn(C)c2nc(N3CCC4(C=C(c5c(-c6c(Cl)cccc6Cl)noc5C5CC5)C4)CC3)ncc12. The number of allylic oxidation sites excluding steroid dienone is 2. The summed E-state index contributed by atoms with van der Waals surface area (Å²) in [7, 11) is 2.04. The molecule has 3 aromatic heterocycles. The van der Waals surface area contributed by atoms with Crippen LogP contribution in [0, 0.1) is 12.3 Å². The molecule has 3 aliphatic rings. The van der Waals surface area contributed by atoms with Gasteiger partial charge in [0.15, 0.2) is 0 Å². The van der Waals surface area contributed by atoms with Crippen molar-refractivity contribution >= 4 is 45.8 Å². The van der Waals surface area contributed by atoms with Gasteiger partial charge in [-0.3, -0.25) is 0 Å². The van der Waals surface area contributed by atoms with E-state index in [0.717, 1.165) is 84.8 Å². The lowest BCUT2D eigenvalue weighted by atomic mass is 9.63. The van der Waals surface area contributed by atoms with E-state index in [9.17, 15) is 0 Å². The maximum absolute atomic E-state index is 6.57. The number of hydrogen-bond donors (Lipinski definition) is 0. The van der Waals surface area contributed by atoms with Gasteiger partial charge < -0.3 is 14.0 Å². The van der Waals surface area contributed by atoms with E-state index in [-0.39, 0.29) is 5.41 Å². The van der Waals surface area contributed by atoms with Crippen molar-refractivity contribution in [2.24, 2.45) is 12.5 Å². The Hall–Kier alpha value is -2.83. The highest BCUT2D eigenvalue weighted by molar-refractivity contribution is 6.39. The molecule has 4 heterocycles. The van der Waals surface area contributed by atoms with Gasteiger partial charge in [0.25, 0.3) is 0 Å². The zero-order valence-electron chi connectivity index (χ0n) is 20.4. The Morgan fingerprint density at radius 2 is 1.81 bits per heavy atom. The number of aryl methyl sites for hydroxylation is 2. The van der Waals surface area contributed by atoms with Crippen molar-refractivity contribution in [2.75, 3.05) is 18.0 Å². The first-order valence-corrected chi connectivity index (χ1v) is 13.4. The molecule has 1 aromatic carbocycles. The summed E-state index contributed by atoms with van der Waals surface area (Å²) in [5, 5.41) is 6.81. The Balaban J connectivity index is 1.16. The summed E-state index contributed by atoms with van der Waals surface area (Å²) >= 11 is 13.1. The third kappa shape index (κ3) is 3.49. The van der Waals surface area contributed by atoms with Crippen LogP contribution in [0.5, 0.6) is 0 Å². The fourth-order valence-electron chi connectivity index (χ4n) is 5.97. The van der Waals surface area contributed by atoms with Crippen LogP contribution in [0.15, 0.2) is 41.2 Å². The smallest absolute Gasteiger partial charge is 0.227 e. The number of nitrogens with zero attached hydrogens (tertiary/aromatic N) is 5. The normalized spacial score (nSPS) is 19.1. The molecule has 0 amide bonds. The average molecular weight is 520 g/mol. The van der Waals surface area contributed by atoms with Crippen molar-refractivity contribution in [1.82, 2.24) is 19.7 Å². The first-order valence-electron chi connectivity index (χ1n) is 12.6. The quantitative estimate of drug-likeness (QED) is 0.285. The van der Waals surface area contributed by atoms with Gasteiger partial charge in [-0.05, 0) is 67.7 Å². The molecule has 0 radical (unpaired) electrons. The van der Waals surface area contributed by atoms with Gasteiger partial charge in [0, 0.05) is 55.0 Å². The van der Waals surface area contributed by atoms with Gasteiger partial charge in [-0.2, -0.15) is 4.98 Å². The Labute approximate surface area is 219 Å². The number of fused-ring (bicyclic) bond motifs is 1. The van der Waals surface area contributed by atoms with E-state index < -0.39 is 0 Å². The Kier molecular flexibility index (Phi) is 5.03. The minimum absolute atomic E-state index is 0.205. The lowest BCUT2D eigenvalue weighted by Gasteiger charge is -2.46. The van der Waals surface area contributed by atoms with Gasteiger partial charge in [-0.25, -0.2) is 4.98 Å². The van der Waals surface area contributed by atoms with Crippen LogP contribution >= 0.6 is 23.2 Å². The van der Waals surface area contributed by atoms with Crippen molar-refractivity contribution in [1.29, 1.82) is 0 Å². The molecule has 8 heteroatoms. The molecule has 36 heavy (non-hydrogen) atoms. The first kappa shape index (κ1) is 22.4. The predicted molar refractivity (Wildman–Crippen MR) is 144 cm³/mol. The molecule has 0 bridgehead atoms. The highest BCUT2D eigenvalue weighted by Crippen LogP contribution is 2.56. The number of rotatable bonds is 4. The van der Waals surface area contributed by atoms with Gasteiger partial charge in [-0.15, -0.1) is 0 Å². The first-order chi connectivity index (χ1) is 17.4. The fourth-order valence-corrected chi connectivity index (χ4v) is 6.55. The second-order valence-corrected chi connectivity index (χ2v) is 11.5. The molecule has 6 nitrogen and oxygen atoms in total. The Bertz CT molecular complexity index is 1520. The van der Waals surface area contributed by atoms with Crippen LogP contribution in [-0.4, -0.2) is 32.8 Å². The highest BCUT2D eigenvalue weighted by atomic mass is 35.5. The topological polar surface area (TPSA) is 60.0 Å². The van der Waals surface area contributed by atoms with Crippen LogP contribution in [0.2, 0.25) is 10.0 Å². The lowest BCUT2D eigenvalue weighted by Crippen LogP contribution is -2.43. The van der Waals surface area contributed by atoms with E-state index in [1.54, 1.807) is 0 Å². The third-order valence-corrected chi connectivity index (χ3v) is 8.78. The molecule has 2 aliphatic carbocycles. The summed E-state index contributed by atoms with van der Waals surface area (Å²) in [5.41, 5.74) is 6.40. The number of piperidine rings is 1. The van der Waals surface area contributed by atoms with Crippen LogP contribution in [0.3, 0.4) is 0 Å². The van der Waals surface area contributed by atoms with Crippen LogP contribution < -0.4 is 4.90 Å². The minimum atomic E-state index is 0.205. The van der Waals surface area contributed by atoms with E-state index in [1.807, 2.05) is 31.4 Å². The van der Waals surface area contributed by atoms with Crippen molar-refractivity contribution in [3.8, 4) is 11.3 Å². The monoisotopic (exact) mass is 519 g/mol. The maximum atomic E-state index is 6.57. The number of benzene rings is 1. The molecule has 0 N–H and O–H groups in total. The number of anilines is 1. The Morgan fingerprint density at radius 1 is 1.08 bits per heavy atom. The van der Waals surface area contributed by atoms with Crippen LogP contribution in [0.1, 0.15) is 54.9 Å². The zero-order valence-corrected chi connectivity index (χ0v) is 21.9. The number of hydrogen-bond acceptors (Lipinski definition) is 5. The molecule has 2 fully saturated rings. The lowest BCUT2D eigenvalue weighted by molar-refractivity contribution is 0.276. The fraction of sp³-hybridized carbons (Fsp3) is 0.393. The molecule has 0 atom stereocenters. The molecule has 1 saturated carbocycles. The molecule has 1 saturated heterocycles. The van der Waals surface area contributed by atoms with Gasteiger partial charge in [0.1, 0.15) is 17.1 Å². The third-order valence-electron chi connectivity index (χ3n) is 8.15. The number of halogens is 2. The summed E-state index contributed by atoms with van der Waals surface area (Å²) in [5.74, 6) is 2.28. The van der Waals surface area contributed by atoms with E-state index in [0.29, 0.717) is 16.0 Å². The Morgan fingerprint density at radius 3 is 2.50 bits per heavy atom. The molecule has 1 spiro atoms. The second-order valence-electron chi connectivity index (χ2n) is 10.7. The van der Waals surface area contributed by atoms with E-state index in [4.69, 9.17) is 37.7 Å². The van der Waals surface area contributed by atoms with Crippen LogP contribution in [0.4, 0.5) is 5.95 Å². The summed E-state index contributed by atoms with van der Waals surface area (Å²) in [6.45, 7) is 3.99. The average Bonchev–Trinajstić information content (AvgIpc) is 3.55. The largest absolute Gasteiger partial charge is 0.360 e. The molecule has 7 rings (SSSR count). The summed E-state index contributed by atoms with van der Waals surface area (Å²) in [6, 6.07) is 5.59. The summed E-state index contributed by atoms with van der Waals surface area (Å²) < 4.78 is 7.99. The van der Waals surface area contributed by atoms with E-state index >= 15 is 0 Å². The van der Waals surface area contributed by atoms with E-state index in [2.05, 4.69) is 33.8 Å². The maximum Gasteiger partial charge on any atom is 0.227 e. The molecule has 4 aromatic rings. The molecule has 1 aliphatic heterocycles. The number of aromatic nitrogens is 4. The highest BCUT2D eigenvalue weighted by Gasteiger charge is 2.44. The zero-order chi connectivity index (χ0) is 24.6. The molecule has 0 unspecified atom stereocenters. The van der Waals surface area contributed by atoms with Gasteiger partial charge >= 0.3 is 0 Å². The van der Waals surface area contributed by atoms with Crippen molar-refractivity contribution in [3.63, 3.8) is 0 Å². The minimum Gasteiger partial charge on any atom is -0.360 e. The van der Waals surface area contributed by atoms with Gasteiger partial charge in [0.2, 0.25) is 5.95 Å². The van der Waals surface area contributed by atoms with Gasteiger partial charge in [-0.1, -0.05) is 40.5 Å². The van der Waals surface area contributed by atoms with Crippen molar-refractivity contribution < 1.29 is 4.52 Å². The summed E-state index contributed by atoms with van der Waals surface area (Å²) in [6.07, 6.45) is 12.0. The second kappa shape index (κ2) is 8.09. The van der Waals surface area contributed by atoms with Crippen LogP contribution in [-0.2, 0) is 7.05 Å². The standard InChI is InChI=1S/C28H27Cl2N5O/c1-16-15-34(2)26-19(16)14-31-27(32-26)35-10-8-28(9-11-35)12-18(13-28)22-24(33-36-25(22)17-6-7-17)23-20(29)4-3-5-21(23)30/h3-5,12,14-15,17H,6-11,13H2,1-2H3. The van der Waals surface area contributed by atoms with Crippen molar-refractivity contribution in [2.45, 2.75) is 44.9 Å². The van der Waals surface area contributed by atoms with Crippen molar-refractivity contribution in [3.05, 3.63) is 63.6 Å². The van der Waals surface area contributed by atoms with Crippen LogP contribution in [0.25, 0.3) is 27.9 Å². The predicted octanol–water partition coefficient (Wildman–Crippen LogP) is 7.19. The molecule has 184 valence electrons. The molecular formula is C28H27Cl2N5O. The summed E-state index contributed by atoms with van der Waals surface area (Å²) in [4.78, 5) is 11.9. The van der Waals surface area contributed by atoms with E-state index in [1.165, 1.54) is 11.1 Å². The van der Waals surface area contributed by atoms with Gasteiger partial charge in [0.05, 0.1) is 10.0 Å². The molecular weight excluding hydrogens is 493 g/mol.